The maximum atomic E-state index is 8.49. The Morgan fingerprint density at radius 2 is 1.36 bits per heavy atom. The molecule has 6 heteroatoms. The molecule has 0 radical (unpaired) electrons. The Balaban J connectivity index is 0.000000309. The van der Waals surface area contributed by atoms with Gasteiger partial charge >= 0.3 is 11.3 Å². The van der Waals surface area contributed by atoms with Crippen molar-refractivity contribution in [2.75, 3.05) is 0 Å². The summed E-state index contributed by atoms with van der Waals surface area (Å²) in [6.45, 7) is 2.08. The zero-order chi connectivity index (χ0) is 16.2. The van der Waals surface area contributed by atoms with Crippen LogP contribution < -0.4 is 18.6 Å². The molecule has 1 heterocycles. The van der Waals surface area contributed by atoms with E-state index in [0.717, 1.165) is 27.9 Å². The predicted octanol–water partition coefficient (Wildman–Crippen LogP) is -0.0667. The number of benzene rings is 2. The molecule has 0 atom stereocenters. The van der Waals surface area contributed by atoms with Gasteiger partial charge in [-0.15, -0.1) is 10.2 Å². The average Bonchev–Trinajstić information content (AvgIpc) is 2.46. The molecule has 2 aromatic carbocycles. The van der Waals surface area contributed by atoms with Gasteiger partial charge in [-0.05, 0) is 31.2 Å². The summed E-state index contributed by atoms with van der Waals surface area (Å²) >= 11 is 0. The molecule has 0 spiro atoms. The van der Waals surface area contributed by atoms with Crippen LogP contribution in [0.5, 0.6) is 0 Å². The Morgan fingerprint density at radius 3 is 2.00 bits per heavy atom. The van der Waals surface area contributed by atoms with Gasteiger partial charge in [0.15, 0.2) is 0 Å². The summed E-state index contributed by atoms with van der Waals surface area (Å²) in [4.78, 5) is 0. The lowest BCUT2D eigenvalue weighted by Gasteiger charge is -2.17. The lowest BCUT2D eigenvalue weighted by molar-refractivity contribution is -2.00. The molecule has 114 valence electrons. The molecule has 0 fully saturated rings. The van der Waals surface area contributed by atoms with Gasteiger partial charge in [-0.1, -0.05) is 30.3 Å². The molecule has 0 saturated heterocycles. The van der Waals surface area contributed by atoms with Gasteiger partial charge in [0.2, 0.25) is 0 Å². The van der Waals surface area contributed by atoms with Crippen LogP contribution in [0.25, 0.3) is 22.3 Å². The topological polar surface area (TPSA) is 104 Å². The van der Waals surface area contributed by atoms with Gasteiger partial charge in [-0.2, -0.15) is 0 Å². The third kappa shape index (κ3) is 4.77. The molecule has 1 aromatic heterocycles. The first-order chi connectivity index (χ1) is 10.3. The largest absolute Gasteiger partial charge is 0.363 e. The highest BCUT2D eigenvalue weighted by Gasteiger charge is 2.17. The first-order valence-electron chi connectivity index (χ1n) is 6.34. The van der Waals surface area contributed by atoms with Crippen LogP contribution in [0.4, 0.5) is 0 Å². The van der Waals surface area contributed by atoms with Crippen molar-refractivity contribution in [2.45, 2.75) is 6.92 Å². The van der Waals surface area contributed by atoms with E-state index < -0.39 is 10.2 Å². The second-order valence-corrected chi connectivity index (χ2v) is 5.30. The van der Waals surface area contributed by atoms with E-state index in [1.54, 1.807) is 0 Å². The lowest BCUT2D eigenvalue weighted by atomic mass is 10.1. The zero-order valence-corrected chi connectivity index (χ0v) is 12.4. The summed E-state index contributed by atoms with van der Waals surface area (Å²) < 4.78 is 40.0. The summed E-state index contributed by atoms with van der Waals surface area (Å²) in [5, 5.41) is 1.14. The SMILES string of the molecule is Cc1cc2ccccc2[o+]c1-c1ccccc1.[O-][Cl+3]([O-])([O-])[O-]. The van der Waals surface area contributed by atoms with Crippen LogP contribution in [-0.2, 0) is 0 Å². The van der Waals surface area contributed by atoms with E-state index in [0.29, 0.717) is 0 Å². The fraction of sp³-hybridized carbons (Fsp3) is 0.0625. The van der Waals surface area contributed by atoms with E-state index in [4.69, 9.17) is 23.1 Å². The van der Waals surface area contributed by atoms with Gasteiger partial charge in [0.25, 0.3) is 0 Å². The van der Waals surface area contributed by atoms with Gasteiger partial charge in [0, 0.05) is 6.07 Å². The predicted molar refractivity (Wildman–Crippen MR) is 70.8 cm³/mol. The van der Waals surface area contributed by atoms with Gasteiger partial charge in [-0.25, -0.2) is 23.1 Å². The summed E-state index contributed by atoms with van der Waals surface area (Å²) in [6, 6.07) is 20.5. The molecule has 3 rings (SSSR count). The van der Waals surface area contributed by atoms with E-state index in [-0.39, 0.29) is 0 Å². The number of hydrogen-bond acceptors (Lipinski definition) is 4. The van der Waals surface area contributed by atoms with Crippen molar-refractivity contribution in [1.82, 2.24) is 0 Å². The highest BCUT2D eigenvalue weighted by molar-refractivity contribution is 5.80. The molecule has 0 aliphatic heterocycles. The zero-order valence-electron chi connectivity index (χ0n) is 11.7. The average molecular weight is 321 g/mol. The highest BCUT2D eigenvalue weighted by Crippen LogP contribution is 2.27. The number of aryl methyl sites for hydroxylation is 1. The van der Waals surface area contributed by atoms with E-state index in [2.05, 4.69) is 31.2 Å². The maximum Gasteiger partial charge on any atom is 0.363 e. The van der Waals surface area contributed by atoms with Crippen molar-refractivity contribution in [3.05, 3.63) is 66.2 Å². The number of hydrogen-bond donors (Lipinski definition) is 0. The van der Waals surface area contributed by atoms with Crippen LogP contribution in [0.3, 0.4) is 0 Å². The highest BCUT2D eigenvalue weighted by atomic mass is 35.7. The minimum Gasteiger partial charge on any atom is -0.222 e. The Bertz CT molecular complexity index is 747. The van der Waals surface area contributed by atoms with Crippen LogP contribution in [0, 0.1) is 17.2 Å². The number of para-hydroxylation sites is 1. The fourth-order valence-electron chi connectivity index (χ4n) is 2.06. The van der Waals surface area contributed by atoms with E-state index in [9.17, 15) is 0 Å². The molecule has 0 bridgehead atoms. The number of rotatable bonds is 1. The van der Waals surface area contributed by atoms with Crippen molar-refractivity contribution < 1.29 is 33.3 Å². The summed E-state index contributed by atoms with van der Waals surface area (Å²) in [7, 11) is -4.94. The Labute approximate surface area is 129 Å². The standard InChI is InChI=1S/C16H13O.ClHO4/c1-12-11-14-9-5-6-10-15(14)17-16(12)13-7-3-2-4-8-13;2-1(3,4)5/h2-11H,1H3;(H,2,3,4,5)/q+1;/p-1. The molecule has 0 saturated carbocycles. The van der Waals surface area contributed by atoms with Crippen LogP contribution >= 0.6 is 0 Å². The monoisotopic (exact) mass is 320 g/mol. The van der Waals surface area contributed by atoms with E-state index in [1.807, 2.05) is 36.4 Å². The smallest absolute Gasteiger partial charge is 0.222 e. The van der Waals surface area contributed by atoms with Crippen molar-refractivity contribution in [1.29, 1.82) is 0 Å². The third-order valence-electron chi connectivity index (χ3n) is 2.90. The molecule has 0 amide bonds. The fourth-order valence-corrected chi connectivity index (χ4v) is 2.06. The lowest BCUT2D eigenvalue weighted by Crippen LogP contribution is -2.68. The Morgan fingerprint density at radius 1 is 0.818 bits per heavy atom. The number of halogens is 1. The molecular formula is C16H13ClO5. The van der Waals surface area contributed by atoms with Gasteiger partial charge in [0.1, 0.15) is 0 Å². The van der Waals surface area contributed by atoms with Crippen molar-refractivity contribution >= 4 is 11.0 Å². The van der Waals surface area contributed by atoms with Gasteiger partial charge < -0.3 is 0 Å². The minimum absolute atomic E-state index is 0.928. The second-order valence-electron chi connectivity index (χ2n) is 4.54. The quantitative estimate of drug-likeness (QED) is 0.584. The normalized spacial score (nSPS) is 11.0. The van der Waals surface area contributed by atoms with Crippen LogP contribution in [0.15, 0.2) is 65.1 Å². The summed E-state index contributed by atoms with van der Waals surface area (Å²) in [6.07, 6.45) is 0. The van der Waals surface area contributed by atoms with Crippen LogP contribution in [0.2, 0.25) is 0 Å². The van der Waals surface area contributed by atoms with Crippen molar-refractivity contribution in [2.24, 2.45) is 0 Å². The van der Waals surface area contributed by atoms with Crippen molar-refractivity contribution in [3.8, 4) is 11.3 Å². The molecule has 22 heavy (non-hydrogen) atoms. The van der Waals surface area contributed by atoms with Crippen LogP contribution in [-0.4, -0.2) is 0 Å². The molecular weight excluding hydrogens is 308 g/mol. The summed E-state index contributed by atoms with van der Waals surface area (Å²) in [5.74, 6) is 0.948. The summed E-state index contributed by atoms with van der Waals surface area (Å²) in [5.41, 5.74) is 3.21. The number of fused-ring (bicyclic) bond motifs is 1. The molecule has 0 unspecified atom stereocenters. The first-order valence-corrected chi connectivity index (χ1v) is 7.58. The van der Waals surface area contributed by atoms with Gasteiger partial charge in [-0.3, -0.25) is 0 Å². The Hall–Kier alpha value is -2.02. The van der Waals surface area contributed by atoms with Crippen LogP contribution in [0.1, 0.15) is 5.56 Å². The first kappa shape index (κ1) is 16.4. The second kappa shape index (κ2) is 6.83. The molecule has 0 N–H and O–H groups in total. The Kier molecular flexibility index (Phi) is 5.07. The molecule has 5 nitrogen and oxygen atoms in total. The van der Waals surface area contributed by atoms with E-state index >= 15 is 0 Å². The third-order valence-corrected chi connectivity index (χ3v) is 2.90. The maximum absolute atomic E-state index is 8.49. The minimum atomic E-state index is -4.94. The van der Waals surface area contributed by atoms with Crippen molar-refractivity contribution in [3.63, 3.8) is 0 Å². The van der Waals surface area contributed by atoms with Gasteiger partial charge in [0.05, 0.1) is 16.5 Å². The molecule has 0 aliphatic rings. The molecule has 0 aliphatic carbocycles. The van der Waals surface area contributed by atoms with E-state index in [1.165, 1.54) is 0 Å². The molecule has 3 aromatic rings.